The third-order valence-corrected chi connectivity index (χ3v) is 7.91. The Morgan fingerprint density at radius 1 is 1.05 bits per heavy atom. The lowest BCUT2D eigenvalue weighted by molar-refractivity contribution is 0.0858. The molecule has 9 nitrogen and oxygen atoms in total. The lowest BCUT2D eigenvalue weighted by atomic mass is 9.91. The summed E-state index contributed by atoms with van der Waals surface area (Å²) in [7, 11) is 0. The van der Waals surface area contributed by atoms with Gasteiger partial charge in [-0.3, -0.25) is 4.90 Å². The number of hydrogen-bond donors (Lipinski definition) is 1. The molecule has 2 aromatic carbocycles. The molecule has 4 heterocycles. The Hall–Kier alpha value is -4.52. The van der Waals surface area contributed by atoms with Gasteiger partial charge in [0, 0.05) is 49.6 Å². The lowest BCUT2D eigenvalue weighted by Gasteiger charge is -2.33. The molecular weight excluding hydrogens is 568 g/mol. The first-order valence-corrected chi connectivity index (χ1v) is 13.9. The van der Waals surface area contributed by atoms with Crippen LogP contribution in [0.15, 0.2) is 65.8 Å². The molecule has 0 radical (unpaired) electrons. The van der Waals surface area contributed by atoms with E-state index < -0.39 is 23.8 Å². The van der Waals surface area contributed by atoms with Crippen molar-refractivity contribution in [3.05, 3.63) is 72.3 Å². The normalized spacial score (nSPS) is 17.9. The van der Waals surface area contributed by atoms with E-state index in [0.29, 0.717) is 66.0 Å². The first kappa shape index (κ1) is 28.6. The van der Waals surface area contributed by atoms with Gasteiger partial charge in [-0.1, -0.05) is 17.3 Å². The van der Waals surface area contributed by atoms with Gasteiger partial charge in [0.15, 0.2) is 0 Å². The molecule has 0 aliphatic carbocycles. The van der Waals surface area contributed by atoms with Gasteiger partial charge in [-0.2, -0.15) is 0 Å². The molecule has 6 rings (SSSR count). The number of amides is 2. The molecule has 0 spiro atoms. The Labute approximate surface area is 244 Å². The fourth-order valence-corrected chi connectivity index (χ4v) is 5.74. The number of benzene rings is 2. The number of anilines is 2. The largest absolute Gasteiger partial charge is 0.395 e. The molecule has 0 unspecified atom stereocenters. The Kier molecular flexibility index (Phi) is 7.98. The number of urea groups is 1. The number of carbonyl (C=O) groups is 1. The van der Waals surface area contributed by atoms with E-state index in [-0.39, 0.29) is 37.3 Å². The average molecular weight is 597 g/mol. The summed E-state index contributed by atoms with van der Waals surface area (Å²) in [6.07, 6.45) is 4.30. The molecule has 2 fully saturated rings. The van der Waals surface area contributed by atoms with Gasteiger partial charge in [-0.25, -0.2) is 32.3 Å². The van der Waals surface area contributed by atoms with E-state index in [1.54, 1.807) is 12.1 Å². The number of piperidine rings is 1. The van der Waals surface area contributed by atoms with Crippen LogP contribution in [0.25, 0.3) is 22.0 Å². The van der Waals surface area contributed by atoms with Crippen LogP contribution >= 0.6 is 0 Å². The molecule has 0 atom stereocenters. The first-order valence-electron chi connectivity index (χ1n) is 13.9. The van der Waals surface area contributed by atoms with E-state index in [9.17, 15) is 13.6 Å². The molecule has 3 aliphatic rings. The van der Waals surface area contributed by atoms with Gasteiger partial charge in [0.1, 0.15) is 23.8 Å². The zero-order valence-corrected chi connectivity index (χ0v) is 23.0. The molecule has 1 N–H and O–H groups in total. The van der Waals surface area contributed by atoms with Crippen LogP contribution in [-0.4, -0.2) is 77.5 Å². The van der Waals surface area contributed by atoms with Crippen LogP contribution in [0.4, 0.5) is 33.9 Å². The Morgan fingerprint density at radius 3 is 2.60 bits per heavy atom. The minimum atomic E-state index is -2.75. The number of rotatable bonds is 7. The quantitative estimate of drug-likeness (QED) is 0.381. The van der Waals surface area contributed by atoms with Gasteiger partial charge in [0.05, 0.1) is 23.5 Å². The molecule has 0 saturated carbocycles. The van der Waals surface area contributed by atoms with Crippen molar-refractivity contribution in [3.8, 4) is 11.1 Å². The predicted octanol–water partition coefficient (Wildman–Crippen LogP) is 5.12. The number of β-amino-alcohol motifs (C(OH)–C–C–N with tert-alkyl or cyclic N) is 1. The zero-order valence-electron chi connectivity index (χ0n) is 23.0. The molecule has 224 valence electrons. The van der Waals surface area contributed by atoms with Crippen LogP contribution in [-0.2, 0) is 4.84 Å². The first-order chi connectivity index (χ1) is 20.8. The third-order valence-electron chi connectivity index (χ3n) is 7.91. The molecule has 3 aromatic rings. The topological polar surface area (TPSA) is 94.4 Å². The predicted molar refractivity (Wildman–Crippen MR) is 153 cm³/mol. The van der Waals surface area contributed by atoms with Crippen LogP contribution in [0.2, 0.25) is 0 Å². The van der Waals surface area contributed by atoms with Crippen molar-refractivity contribution in [2.45, 2.75) is 19.3 Å². The highest BCUT2D eigenvalue weighted by molar-refractivity contribution is 6.00. The number of aliphatic hydroxyl groups is 1. The van der Waals surface area contributed by atoms with Crippen molar-refractivity contribution < 1.29 is 32.3 Å². The highest BCUT2D eigenvalue weighted by Gasteiger charge is 2.31. The van der Waals surface area contributed by atoms with Crippen LogP contribution in [0.1, 0.15) is 12.8 Å². The standard InChI is InChI=1S/C30H28F4N6O3/c31-20-15-21(19-4-5-25(23(32)14-19)40-11-10-39(12-13-41)30(40)42)27-22(16-20)29(36-17-35-27)38-8-6-18(7-9-38)24-2-1-3-26(28(33)34)43-37-24/h1-5,14-18,28,41H,6-13H2. The number of aliphatic hydroxyl groups excluding tert-OH is 1. The van der Waals surface area contributed by atoms with Crippen molar-refractivity contribution in [2.24, 2.45) is 11.1 Å². The summed E-state index contributed by atoms with van der Waals surface area (Å²) in [4.78, 5) is 31.2. The molecule has 3 aliphatic heterocycles. The molecule has 43 heavy (non-hydrogen) atoms. The van der Waals surface area contributed by atoms with Crippen LogP contribution < -0.4 is 9.80 Å². The number of hydrogen-bond acceptors (Lipinski definition) is 7. The number of fused-ring (bicyclic) bond motifs is 1. The summed E-state index contributed by atoms with van der Waals surface area (Å²) < 4.78 is 56.3. The minimum Gasteiger partial charge on any atom is -0.395 e. The van der Waals surface area contributed by atoms with Crippen molar-refractivity contribution in [1.82, 2.24) is 14.9 Å². The van der Waals surface area contributed by atoms with E-state index in [1.165, 1.54) is 52.5 Å². The second kappa shape index (κ2) is 12.0. The van der Waals surface area contributed by atoms with Crippen LogP contribution in [0, 0.1) is 17.6 Å². The molecular formula is C30H28F4N6O3. The fourth-order valence-electron chi connectivity index (χ4n) is 5.74. The van der Waals surface area contributed by atoms with Gasteiger partial charge in [-0.05, 0) is 54.8 Å². The summed E-state index contributed by atoms with van der Waals surface area (Å²) in [5.74, 6) is -1.16. The van der Waals surface area contributed by atoms with Gasteiger partial charge >= 0.3 is 6.03 Å². The summed E-state index contributed by atoms with van der Waals surface area (Å²) >= 11 is 0. The highest BCUT2D eigenvalue weighted by atomic mass is 19.3. The second-order valence-electron chi connectivity index (χ2n) is 10.5. The van der Waals surface area contributed by atoms with Crippen molar-refractivity contribution in [2.75, 3.05) is 49.1 Å². The van der Waals surface area contributed by atoms with E-state index in [2.05, 4.69) is 15.1 Å². The fraction of sp³-hybridized carbons (Fsp3) is 0.333. The van der Waals surface area contributed by atoms with Crippen molar-refractivity contribution >= 4 is 34.2 Å². The smallest absolute Gasteiger partial charge is 0.324 e. The Balaban J connectivity index is 1.24. The number of alkyl halides is 2. The lowest BCUT2D eigenvalue weighted by Crippen LogP contribution is -2.36. The highest BCUT2D eigenvalue weighted by Crippen LogP contribution is 2.36. The second-order valence-corrected chi connectivity index (χ2v) is 10.5. The summed E-state index contributed by atoms with van der Waals surface area (Å²) in [5, 5.41) is 13.6. The Bertz CT molecular complexity index is 1640. The average Bonchev–Trinajstić information content (AvgIpc) is 3.19. The number of halogens is 4. The maximum absolute atomic E-state index is 15.4. The van der Waals surface area contributed by atoms with Gasteiger partial charge in [0.25, 0.3) is 6.43 Å². The van der Waals surface area contributed by atoms with Crippen molar-refractivity contribution in [1.29, 1.82) is 0 Å². The van der Waals surface area contributed by atoms with Gasteiger partial charge in [0.2, 0.25) is 5.76 Å². The van der Waals surface area contributed by atoms with Crippen LogP contribution in [0.3, 0.4) is 0 Å². The summed E-state index contributed by atoms with van der Waals surface area (Å²) in [5.41, 5.74) is 1.90. The third kappa shape index (κ3) is 5.64. The SMILES string of the molecule is O=C1N(CCO)CCN1c1ccc(-c2cc(F)cc3c(N4CCC(C5=NOC(C(F)F)=CC=C5)CC4)ncnc23)cc1F. The number of oxime groups is 1. The van der Waals surface area contributed by atoms with E-state index in [4.69, 9.17) is 9.94 Å². The number of aromatic nitrogens is 2. The van der Waals surface area contributed by atoms with E-state index in [1.807, 2.05) is 4.90 Å². The molecule has 1 aromatic heterocycles. The molecule has 0 bridgehead atoms. The number of nitrogens with zero attached hydrogens (tertiary/aromatic N) is 6. The summed E-state index contributed by atoms with van der Waals surface area (Å²) in [6, 6.07) is 6.63. The van der Waals surface area contributed by atoms with E-state index in [0.717, 1.165) is 0 Å². The monoisotopic (exact) mass is 596 g/mol. The van der Waals surface area contributed by atoms with Crippen LogP contribution in [0.5, 0.6) is 0 Å². The maximum atomic E-state index is 15.4. The van der Waals surface area contributed by atoms with Gasteiger partial charge in [-0.15, -0.1) is 0 Å². The van der Waals surface area contributed by atoms with Crippen molar-refractivity contribution in [3.63, 3.8) is 0 Å². The summed E-state index contributed by atoms with van der Waals surface area (Å²) in [6.45, 7) is 1.75. The molecule has 13 heteroatoms. The molecule has 2 amide bonds. The molecule has 2 saturated heterocycles. The van der Waals surface area contributed by atoms with Gasteiger partial charge < -0.3 is 19.7 Å². The number of carbonyl (C=O) groups excluding carboxylic acids is 1. The zero-order chi connectivity index (χ0) is 30.1. The Morgan fingerprint density at radius 2 is 1.86 bits per heavy atom. The number of allylic oxidation sites excluding steroid dienone is 4. The minimum absolute atomic E-state index is 0.0157. The maximum Gasteiger partial charge on any atom is 0.324 e. The van der Waals surface area contributed by atoms with E-state index >= 15 is 8.78 Å².